The highest BCUT2D eigenvalue weighted by molar-refractivity contribution is 9.10. The summed E-state index contributed by atoms with van der Waals surface area (Å²) in [7, 11) is 2.01. The van der Waals surface area contributed by atoms with E-state index >= 15 is 0 Å². The fraction of sp³-hybridized carbons (Fsp3) is 0.294. The van der Waals surface area contributed by atoms with Crippen molar-refractivity contribution in [2.24, 2.45) is 0 Å². The molecule has 0 spiro atoms. The highest BCUT2D eigenvalue weighted by Crippen LogP contribution is 2.30. The Morgan fingerprint density at radius 2 is 1.68 bits per heavy atom. The van der Waals surface area contributed by atoms with E-state index in [-0.39, 0.29) is 6.04 Å². The van der Waals surface area contributed by atoms with Crippen molar-refractivity contribution >= 4 is 15.9 Å². The molecule has 2 rings (SSSR count). The molecule has 1 atom stereocenters. The van der Waals surface area contributed by atoms with Crippen LogP contribution in [-0.4, -0.2) is 7.05 Å². The minimum absolute atomic E-state index is 0.217. The Morgan fingerprint density at radius 3 is 2.26 bits per heavy atom. The van der Waals surface area contributed by atoms with E-state index < -0.39 is 0 Å². The molecule has 0 aliphatic heterocycles. The zero-order valence-corrected chi connectivity index (χ0v) is 13.5. The first kappa shape index (κ1) is 14.3. The molecule has 1 unspecified atom stereocenters. The van der Waals surface area contributed by atoms with E-state index in [4.69, 9.17) is 0 Å². The van der Waals surface area contributed by atoms with E-state index in [2.05, 4.69) is 78.4 Å². The van der Waals surface area contributed by atoms with Gasteiger partial charge in [-0.25, -0.2) is 0 Å². The molecule has 100 valence electrons. The molecule has 0 amide bonds. The van der Waals surface area contributed by atoms with Gasteiger partial charge >= 0.3 is 0 Å². The maximum absolute atomic E-state index is 3.68. The van der Waals surface area contributed by atoms with E-state index in [9.17, 15) is 0 Å². The molecule has 2 aromatic carbocycles. The second kappa shape index (κ2) is 5.89. The molecular formula is C17H20BrN. The van der Waals surface area contributed by atoms with Gasteiger partial charge in [-0.1, -0.05) is 46.3 Å². The topological polar surface area (TPSA) is 12.0 Å². The van der Waals surface area contributed by atoms with Crippen LogP contribution < -0.4 is 5.32 Å². The normalized spacial score (nSPS) is 12.5. The zero-order valence-electron chi connectivity index (χ0n) is 11.9. The molecule has 0 aliphatic rings. The van der Waals surface area contributed by atoms with Crippen LogP contribution in [0.4, 0.5) is 0 Å². The predicted octanol–water partition coefficient (Wildman–Crippen LogP) is 4.68. The van der Waals surface area contributed by atoms with Crippen LogP contribution in [0.3, 0.4) is 0 Å². The van der Waals surface area contributed by atoms with Gasteiger partial charge in [0, 0.05) is 4.47 Å². The number of halogens is 1. The molecule has 0 aliphatic carbocycles. The van der Waals surface area contributed by atoms with Crippen molar-refractivity contribution in [1.29, 1.82) is 0 Å². The maximum Gasteiger partial charge on any atom is 0.0585 e. The molecule has 1 N–H and O–H groups in total. The van der Waals surface area contributed by atoms with Gasteiger partial charge in [0.1, 0.15) is 0 Å². The lowest BCUT2D eigenvalue weighted by atomic mass is 9.95. The highest BCUT2D eigenvalue weighted by Gasteiger charge is 2.15. The van der Waals surface area contributed by atoms with Crippen molar-refractivity contribution in [2.45, 2.75) is 26.8 Å². The van der Waals surface area contributed by atoms with Crippen LogP contribution in [0.25, 0.3) is 0 Å². The van der Waals surface area contributed by atoms with Crippen LogP contribution in [0.5, 0.6) is 0 Å². The van der Waals surface area contributed by atoms with Crippen LogP contribution in [0.15, 0.2) is 40.9 Å². The third-order valence-corrected chi connectivity index (χ3v) is 4.31. The minimum Gasteiger partial charge on any atom is -0.309 e. The third kappa shape index (κ3) is 3.07. The Bertz CT molecular complexity index is 590. The van der Waals surface area contributed by atoms with Crippen molar-refractivity contribution < 1.29 is 0 Å². The highest BCUT2D eigenvalue weighted by atomic mass is 79.9. The van der Waals surface area contributed by atoms with Gasteiger partial charge in [-0.15, -0.1) is 0 Å². The Kier molecular flexibility index (Phi) is 4.43. The van der Waals surface area contributed by atoms with Crippen LogP contribution >= 0.6 is 15.9 Å². The van der Waals surface area contributed by atoms with Crippen molar-refractivity contribution in [3.05, 3.63) is 68.7 Å². The Balaban J connectivity index is 2.46. The molecule has 2 aromatic rings. The van der Waals surface area contributed by atoms with Gasteiger partial charge in [0.25, 0.3) is 0 Å². The van der Waals surface area contributed by atoms with Crippen LogP contribution in [0.2, 0.25) is 0 Å². The van der Waals surface area contributed by atoms with E-state index in [0.29, 0.717) is 0 Å². The SMILES string of the molecule is CNC(c1ccc(C)c(C)c1)c1ccc(C)cc1Br. The Labute approximate surface area is 124 Å². The summed E-state index contributed by atoms with van der Waals surface area (Å²) in [4.78, 5) is 0. The molecule has 0 bridgehead atoms. The van der Waals surface area contributed by atoms with E-state index in [1.165, 1.54) is 27.8 Å². The predicted molar refractivity (Wildman–Crippen MR) is 85.7 cm³/mol. The van der Waals surface area contributed by atoms with Crippen LogP contribution in [0, 0.1) is 20.8 Å². The van der Waals surface area contributed by atoms with Crippen LogP contribution in [-0.2, 0) is 0 Å². The zero-order chi connectivity index (χ0) is 14.0. The van der Waals surface area contributed by atoms with Gasteiger partial charge in [0.05, 0.1) is 6.04 Å². The number of aryl methyl sites for hydroxylation is 3. The first-order valence-electron chi connectivity index (χ1n) is 6.53. The maximum atomic E-state index is 3.68. The molecule has 0 fully saturated rings. The first-order chi connectivity index (χ1) is 9.02. The summed E-state index contributed by atoms with van der Waals surface area (Å²) in [6.45, 7) is 6.42. The quantitative estimate of drug-likeness (QED) is 0.866. The Hall–Kier alpha value is -1.12. The summed E-state index contributed by atoms with van der Waals surface area (Å²) >= 11 is 3.68. The van der Waals surface area contributed by atoms with Gasteiger partial charge in [-0.2, -0.15) is 0 Å². The van der Waals surface area contributed by atoms with E-state index in [1.54, 1.807) is 0 Å². The second-order valence-corrected chi connectivity index (χ2v) is 5.94. The number of rotatable bonds is 3. The summed E-state index contributed by atoms with van der Waals surface area (Å²) in [5.41, 5.74) is 6.51. The van der Waals surface area contributed by atoms with Crippen molar-refractivity contribution in [3.63, 3.8) is 0 Å². The lowest BCUT2D eigenvalue weighted by Crippen LogP contribution is -2.18. The molecule has 0 aromatic heterocycles. The fourth-order valence-electron chi connectivity index (χ4n) is 2.31. The summed E-state index contributed by atoms with van der Waals surface area (Å²) in [5, 5.41) is 3.41. The molecular weight excluding hydrogens is 298 g/mol. The smallest absolute Gasteiger partial charge is 0.0585 e. The van der Waals surface area contributed by atoms with Crippen LogP contribution in [0.1, 0.15) is 33.9 Å². The standard InChI is InChI=1S/C17H20BrN/c1-11-5-8-15(16(18)9-11)17(19-4)14-7-6-12(2)13(3)10-14/h5-10,17,19H,1-4H3. The van der Waals surface area contributed by atoms with Gasteiger partial charge in [-0.3, -0.25) is 0 Å². The third-order valence-electron chi connectivity index (χ3n) is 3.62. The number of hydrogen-bond acceptors (Lipinski definition) is 1. The molecule has 0 heterocycles. The van der Waals surface area contributed by atoms with E-state index in [0.717, 1.165) is 4.47 Å². The van der Waals surface area contributed by atoms with Gasteiger partial charge in [-0.05, 0) is 61.7 Å². The fourth-order valence-corrected chi connectivity index (χ4v) is 3.03. The molecule has 0 radical (unpaired) electrons. The lowest BCUT2D eigenvalue weighted by Gasteiger charge is -2.20. The average molecular weight is 318 g/mol. The Morgan fingerprint density at radius 1 is 0.947 bits per heavy atom. The summed E-state index contributed by atoms with van der Waals surface area (Å²) in [5.74, 6) is 0. The lowest BCUT2D eigenvalue weighted by molar-refractivity contribution is 0.688. The molecule has 2 heteroatoms. The monoisotopic (exact) mass is 317 g/mol. The van der Waals surface area contributed by atoms with Gasteiger partial charge in [0.2, 0.25) is 0 Å². The first-order valence-corrected chi connectivity index (χ1v) is 7.32. The summed E-state index contributed by atoms with van der Waals surface area (Å²) < 4.78 is 1.16. The van der Waals surface area contributed by atoms with Crippen molar-refractivity contribution in [1.82, 2.24) is 5.32 Å². The summed E-state index contributed by atoms with van der Waals surface area (Å²) in [6.07, 6.45) is 0. The molecule has 1 nitrogen and oxygen atoms in total. The molecule has 0 saturated heterocycles. The number of benzene rings is 2. The second-order valence-electron chi connectivity index (χ2n) is 5.09. The van der Waals surface area contributed by atoms with Crippen molar-refractivity contribution in [2.75, 3.05) is 7.05 Å². The molecule has 19 heavy (non-hydrogen) atoms. The largest absolute Gasteiger partial charge is 0.309 e. The molecule has 0 saturated carbocycles. The van der Waals surface area contributed by atoms with Crippen molar-refractivity contribution in [3.8, 4) is 0 Å². The number of nitrogens with one attached hydrogen (secondary N) is 1. The average Bonchev–Trinajstić information content (AvgIpc) is 2.37. The minimum atomic E-state index is 0.217. The van der Waals surface area contributed by atoms with E-state index in [1.807, 2.05) is 7.05 Å². The number of hydrogen-bond donors (Lipinski definition) is 1. The van der Waals surface area contributed by atoms with Gasteiger partial charge < -0.3 is 5.32 Å². The van der Waals surface area contributed by atoms with Gasteiger partial charge in [0.15, 0.2) is 0 Å². The summed E-state index contributed by atoms with van der Waals surface area (Å²) in [6, 6.07) is 13.4.